The maximum absolute atomic E-state index is 6.42. The van der Waals surface area contributed by atoms with Crippen LogP contribution in [-0.4, -0.2) is 38.4 Å². The van der Waals surface area contributed by atoms with E-state index in [1.54, 1.807) is 0 Å². The van der Waals surface area contributed by atoms with Crippen molar-refractivity contribution in [3.8, 4) is 0 Å². The summed E-state index contributed by atoms with van der Waals surface area (Å²) in [5.41, 5.74) is 11.1. The summed E-state index contributed by atoms with van der Waals surface area (Å²) in [6, 6.07) is 12.9. The maximum atomic E-state index is 6.42. The van der Waals surface area contributed by atoms with E-state index in [9.17, 15) is 0 Å². The van der Waals surface area contributed by atoms with Crippen molar-refractivity contribution >= 4 is 18.2 Å². The molecule has 0 aliphatic carbocycles. The van der Waals surface area contributed by atoms with E-state index in [4.69, 9.17) is 5.73 Å². The molecule has 0 amide bonds. The van der Waals surface area contributed by atoms with Crippen LogP contribution in [0, 0.1) is 13.8 Å². The Bertz CT molecular complexity index is 861. The number of nitrogens with two attached hydrogens (primary N) is 1. The van der Waals surface area contributed by atoms with Crippen LogP contribution in [0.4, 0.5) is 0 Å². The molecule has 6 heteroatoms. The van der Waals surface area contributed by atoms with Crippen LogP contribution < -0.4 is 5.73 Å². The van der Waals surface area contributed by atoms with Crippen molar-refractivity contribution in [3.63, 3.8) is 0 Å². The predicted octanol–water partition coefficient (Wildman–Crippen LogP) is 2.69. The van der Waals surface area contributed by atoms with Crippen LogP contribution in [-0.2, 0) is 6.54 Å². The second-order valence-electron chi connectivity index (χ2n) is 6.80. The Balaban J connectivity index is 0.00000182. The molecule has 2 N–H and O–H groups in total. The topological polar surface area (TPSA) is 59.5 Å². The van der Waals surface area contributed by atoms with Gasteiger partial charge in [-0.2, -0.15) is 0 Å². The molecule has 2 atom stereocenters. The molecule has 2 aromatic heterocycles. The molecule has 1 aliphatic rings. The second kappa shape index (κ2) is 7.12. The SMILES string of the molecule is Cc1cc(C)n2c(CN3C[C@@H](N)[C@H](c4ccccc4)C3)cnc2n1.Cl. The lowest BCUT2D eigenvalue weighted by Crippen LogP contribution is -2.28. The molecule has 0 saturated carbocycles. The highest BCUT2D eigenvalue weighted by Crippen LogP contribution is 2.27. The minimum absolute atomic E-state index is 0. The summed E-state index contributed by atoms with van der Waals surface area (Å²) in [5, 5.41) is 0. The van der Waals surface area contributed by atoms with Crippen LogP contribution in [0.1, 0.15) is 28.6 Å². The van der Waals surface area contributed by atoms with Crippen LogP contribution in [0.15, 0.2) is 42.6 Å². The van der Waals surface area contributed by atoms with Crippen LogP contribution in [0.2, 0.25) is 0 Å². The van der Waals surface area contributed by atoms with Gasteiger partial charge in [-0.1, -0.05) is 30.3 Å². The van der Waals surface area contributed by atoms with E-state index in [0.717, 1.165) is 31.1 Å². The van der Waals surface area contributed by atoms with Gasteiger partial charge in [-0.25, -0.2) is 9.97 Å². The Hall–Kier alpha value is -1.95. The Morgan fingerprint density at radius 3 is 2.68 bits per heavy atom. The number of imidazole rings is 1. The lowest BCUT2D eigenvalue weighted by Gasteiger charge is -2.16. The van der Waals surface area contributed by atoms with E-state index in [2.05, 4.69) is 62.6 Å². The molecule has 0 bridgehead atoms. The van der Waals surface area contributed by atoms with Crippen molar-refractivity contribution in [2.24, 2.45) is 5.73 Å². The number of benzene rings is 1. The van der Waals surface area contributed by atoms with Gasteiger partial charge in [0.2, 0.25) is 5.78 Å². The molecular formula is C19H24ClN5. The van der Waals surface area contributed by atoms with Gasteiger partial charge in [0.15, 0.2) is 0 Å². The van der Waals surface area contributed by atoms with Gasteiger partial charge in [-0.15, -0.1) is 12.4 Å². The van der Waals surface area contributed by atoms with Gasteiger partial charge in [0.25, 0.3) is 0 Å². The number of hydrogen-bond donors (Lipinski definition) is 1. The lowest BCUT2D eigenvalue weighted by molar-refractivity contribution is 0.318. The third-order valence-electron chi connectivity index (χ3n) is 4.92. The summed E-state index contributed by atoms with van der Waals surface area (Å²) < 4.78 is 2.15. The predicted molar refractivity (Wildman–Crippen MR) is 102 cm³/mol. The summed E-state index contributed by atoms with van der Waals surface area (Å²) in [5.74, 6) is 1.18. The molecule has 3 aromatic rings. The molecular weight excluding hydrogens is 334 g/mol. The summed E-state index contributed by atoms with van der Waals surface area (Å²) in [6.07, 6.45) is 1.94. The molecule has 5 nitrogen and oxygen atoms in total. The van der Waals surface area contributed by atoms with E-state index < -0.39 is 0 Å². The van der Waals surface area contributed by atoms with Crippen molar-refractivity contribution in [3.05, 3.63) is 65.2 Å². The van der Waals surface area contributed by atoms with E-state index in [1.807, 2.05) is 13.1 Å². The number of halogens is 1. The Morgan fingerprint density at radius 2 is 1.92 bits per heavy atom. The quantitative estimate of drug-likeness (QED) is 0.783. The number of likely N-dealkylation sites (tertiary alicyclic amines) is 1. The first kappa shape index (κ1) is 17.9. The molecule has 0 spiro atoms. The lowest BCUT2D eigenvalue weighted by atomic mass is 9.95. The van der Waals surface area contributed by atoms with E-state index in [0.29, 0.717) is 5.92 Å². The number of aryl methyl sites for hydroxylation is 2. The van der Waals surface area contributed by atoms with E-state index in [1.165, 1.54) is 17.0 Å². The van der Waals surface area contributed by atoms with E-state index in [-0.39, 0.29) is 18.4 Å². The first-order valence-electron chi connectivity index (χ1n) is 8.45. The van der Waals surface area contributed by atoms with Crippen molar-refractivity contribution in [1.82, 2.24) is 19.3 Å². The fourth-order valence-electron chi connectivity index (χ4n) is 3.83. The molecule has 1 saturated heterocycles. The van der Waals surface area contributed by atoms with Crippen LogP contribution in [0.3, 0.4) is 0 Å². The van der Waals surface area contributed by atoms with Crippen molar-refractivity contribution in [2.75, 3.05) is 13.1 Å². The largest absolute Gasteiger partial charge is 0.326 e. The third kappa shape index (κ3) is 3.40. The van der Waals surface area contributed by atoms with Crippen LogP contribution in [0.25, 0.3) is 5.78 Å². The first-order chi connectivity index (χ1) is 11.6. The molecule has 132 valence electrons. The van der Waals surface area contributed by atoms with Gasteiger partial charge in [0.05, 0.1) is 11.9 Å². The van der Waals surface area contributed by atoms with Gasteiger partial charge < -0.3 is 5.73 Å². The third-order valence-corrected chi connectivity index (χ3v) is 4.92. The summed E-state index contributed by atoms with van der Waals surface area (Å²) in [6.45, 7) is 6.85. The Labute approximate surface area is 154 Å². The summed E-state index contributed by atoms with van der Waals surface area (Å²) >= 11 is 0. The second-order valence-corrected chi connectivity index (χ2v) is 6.80. The van der Waals surface area contributed by atoms with Gasteiger partial charge >= 0.3 is 0 Å². The fourth-order valence-corrected chi connectivity index (χ4v) is 3.83. The molecule has 25 heavy (non-hydrogen) atoms. The number of rotatable bonds is 3. The normalized spacial score (nSPS) is 20.8. The minimum atomic E-state index is 0. The zero-order valence-corrected chi connectivity index (χ0v) is 15.4. The maximum Gasteiger partial charge on any atom is 0.234 e. The molecule has 0 unspecified atom stereocenters. The van der Waals surface area contributed by atoms with E-state index >= 15 is 0 Å². The highest BCUT2D eigenvalue weighted by molar-refractivity contribution is 5.85. The Morgan fingerprint density at radius 1 is 1.16 bits per heavy atom. The van der Waals surface area contributed by atoms with Crippen molar-refractivity contribution in [2.45, 2.75) is 32.4 Å². The van der Waals surface area contributed by atoms with Crippen molar-refractivity contribution < 1.29 is 0 Å². The average Bonchev–Trinajstić information content (AvgIpc) is 3.12. The molecule has 1 fully saturated rings. The van der Waals surface area contributed by atoms with Gasteiger partial charge in [0.1, 0.15) is 0 Å². The van der Waals surface area contributed by atoms with Crippen molar-refractivity contribution in [1.29, 1.82) is 0 Å². The number of hydrogen-bond acceptors (Lipinski definition) is 4. The molecule has 0 radical (unpaired) electrons. The fraction of sp³-hybridized carbons (Fsp3) is 0.368. The van der Waals surface area contributed by atoms with Gasteiger partial charge in [-0.05, 0) is 25.5 Å². The number of fused-ring (bicyclic) bond motifs is 1. The molecule has 3 heterocycles. The van der Waals surface area contributed by atoms with Crippen LogP contribution >= 0.6 is 12.4 Å². The molecule has 1 aromatic carbocycles. The molecule has 1 aliphatic heterocycles. The summed E-state index contributed by atoms with van der Waals surface area (Å²) in [7, 11) is 0. The molecule has 4 rings (SSSR count). The van der Waals surface area contributed by atoms with Crippen LogP contribution in [0.5, 0.6) is 0 Å². The number of aromatic nitrogens is 3. The average molecular weight is 358 g/mol. The number of nitrogens with zero attached hydrogens (tertiary/aromatic N) is 4. The van der Waals surface area contributed by atoms with Gasteiger partial charge in [-0.3, -0.25) is 9.30 Å². The highest BCUT2D eigenvalue weighted by Gasteiger charge is 2.31. The summed E-state index contributed by atoms with van der Waals surface area (Å²) in [4.78, 5) is 11.4. The Kier molecular flexibility index (Phi) is 5.08. The van der Waals surface area contributed by atoms with Gasteiger partial charge in [0, 0.05) is 43.0 Å². The minimum Gasteiger partial charge on any atom is -0.326 e. The highest BCUT2D eigenvalue weighted by atomic mass is 35.5. The first-order valence-corrected chi connectivity index (χ1v) is 8.45. The smallest absolute Gasteiger partial charge is 0.234 e. The monoisotopic (exact) mass is 357 g/mol. The standard InChI is InChI=1S/C19H23N5.ClH/c1-13-8-14(2)24-16(9-21-19(24)22-13)10-23-11-17(18(20)12-23)15-6-4-3-5-7-15;/h3-9,17-18H,10-12,20H2,1-2H3;1H/t17-,18+;/m0./s1. The zero-order chi connectivity index (χ0) is 16.7. The zero-order valence-electron chi connectivity index (χ0n) is 14.6.